The highest BCUT2D eigenvalue weighted by molar-refractivity contribution is 9.10. The van der Waals surface area contributed by atoms with Crippen LogP contribution in [0.5, 0.6) is 0 Å². The molecule has 0 unspecified atom stereocenters. The Hall–Kier alpha value is -1.71. The Morgan fingerprint density at radius 3 is 2.21 bits per heavy atom. The van der Waals surface area contributed by atoms with Gasteiger partial charge in [-0.15, -0.1) is 0 Å². The van der Waals surface area contributed by atoms with Gasteiger partial charge in [-0.05, 0) is 66.5 Å². The van der Waals surface area contributed by atoms with Crippen LogP contribution in [0.3, 0.4) is 0 Å². The molecule has 0 saturated carbocycles. The van der Waals surface area contributed by atoms with Crippen molar-refractivity contribution >= 4 is 43.3 Å². The number of fused-ring (bicyclic) bond motifs is 3. The van der Waals surface area contributed by atoms with Crippen LogP contribution in [0.25, 0.3) is 21.5 Å². The molecule has 3 rings (SSSR count). The number of carbonyl (C=O) groups is 1. The summed E-state index contributed by atoms with van der Waals surface area (Å²) in [5.41, 5.74) is 0.811. The van der Waals surface area contributed by atoms with Crippen LogP contribution in [0, 0.1) is 0 Å². The van der Waals surface area contributed by atoms with E-state index in [4.69, 9.17) is 0 Å². The predicted molar refractivity (Wildman–Crippen MR) is 124 cm³/mol. The monoisotopic (exact) mass is 439 g/mol. The average Bonchev–Trinajstić information content (AvgIpc) is 2.73. The second-order valence-corrected chi connectivity index (χ2v) is 8.48. The fourth-order valence-electron chi connectivity index (χ4n) is 3.84. The van der Waals surface area contributed by atoms with Gasteiger partial charge in [-0.1, -0.05) is 79.0 Å². The van der Waals surface area contributed by atoms with Crippen LogP contribution < -0.4 is 0 Å². The van der Waals surface area contributed by atoms with Gasteiger partial charge in [0.05, 0.1) is 6.04 Å². The lowest BCUT2D eigenvalue weighted by atomic mass is 9.96. The van der Waals surface area contributed by atoms with E-state index in [0.29, 0.717) is 0 Å². The fraction of sp³-hybridized carbons (Fsp3) is 0.400. The van der Waals surface area contributed by atoms with Crippen LogP contribution in [-0.4, -0.2) is 29.8 Å². The smallest absolute Gasteiger partial charge is 0.179 e. The van der Waals surface area contributed by atoms with Crippen LogP contribution in [0.15, 0.2) is 53.0 Å². The van der Waals surface area contributed by atoms with Crippen LogP contribution >= 0.6 is 15.9 Å². The van der Waals surface area contributed by atoms with E-state index >= 15 is 0 Å². The number of ketones is 1. The summed E-state index contributed by atoms with van der Waals surface area (Å²) in [7, 11) is 0. The van der Waals surface area contributed by atoms with E-state index in [1.807, 2.05) is 6.07 Å². The number of nitrogens with zero attached hydrogens (tertiary/aromatic N) is 1. The molecule has 0 fully saturated rings. The summed E-state index contributed by atoms with van der Waals surface area (Å²) in [6.45, 7) is 8.46. The number of unbranched alkanes of at least 4 members (excludes halogenated alkanes) is 2. The molecule has 148 valence electrons. The van der Waals surface area contributed by atoms with E-state index in [-0.39, 0.29) is 11.8 Å². The minimum Gasteiger partial charge on any atom is -0.294 e. The van der Waals surface area contributed by atoms with Gasteiger partial charge in [-0.2, -0.15) is 0 Å². The Morgan fingerprint density at radius 2 is 1.57 bits per heavy atom. The first-order valence-electron chi connectivity index (χ1n) is 10.5. The van der Waals surface area contributed by atoms with Gasteiger partial charge >= 0.3 is 0 Å². The topological polar surface area (TPSA) is 20.3 Å². The van der Waals surface area contributed by atoms with E-state index in [1.165, 1.54) is 10.8 Å². The van der Waals surface area contributed by atoms with Crippen molar-refractivity contribution in [1.29, 1.82) is 0 Å². The summed E-state index contributed by atoms with van der Waals surface area (Å²) in [5, 5.41) is 4.66. The van der Waals surface area contributed by atoms with Gasteiger partial charge in [-0.25, -0.2) is 0 Å². The molecule has 0 bridgehead atoms. The first kappa shape index (κ1) is 21.0. The van der Waals surface area contributed by atoms with Gasteiger partial charge in [0, 0.05) is 10.0 Å². The summed E-state index contributed by atoms with van der Waals surface area (Å²) in [4.78, 5) is 15.7. The van der Waals surface area contributed by atoms with E-state index in [1.54, 1.807) is 0 Å². The van der Waals surface area contributed by atoms with Crippen molar-refractivity contribution in [3.05, 3.63) is 58.6 Å². The Kier molecular flexibility index (Phi) is 7.25. The summed E-state index contributed by atoms with van der Waals surface area (Å²) in [6.07, 6.45) is 4.58. The Labute approximate surface area is 177 Å². The number of Topliss-reactive ketones (excluding diaryl/α,β-unsaturated/α-hetero) is 1. The molecule has 0 N–H and O–H groups in total. The van der Waals surface area contributed by atoms with Crippen molar-refractivity contribution in [2.75, 3.05) is 13.1 Å². The first-order valence-corrected chi connectivity index (χ1v) is 11.2. The maximum absolute atomic E-state index is 13.3. The first-order chi connectivity index (χ1) is 13.6. The third kappa shape index (κ3) is 4.47. The standard InChI is InChI=1S/C25H30BrNO/c1-4-6-14-27(15-7-5-2)18(3)25(28)20-13-12-19-17-24(26)22-11-9-8-10-21(22)23(19)16-20/h8-13,16-18H,4-7,14-15H2,1-3H3/t18-/m1/s1. The Balaban J connectivity index is 1.96. The zero-order valence-electron chi connectivity index (χ0n) is 17.2. The highest BCUT2D eigenvalue weighted by Crippen LogP contribution is 2.32. The number of hydrogen-bond donors (Lipinski definition) is 0. The van der Waals surface area contributed by atoms with Crippen molar-refractivity contribution in [2.24, 2.45) is 0 Å². The third-order valence-corrected chi connectivity index (χ3v) is 6.28. The average molecular weight is 440 g/mol. The molecule has 2 nitrogen and oxygen atoms in total. The molecule has 0 saturated heterocycles. The third-order valence-electron chi connectivity index (χ3n) is 5.62. The number of rotatable bonds is 9. The van der Waals surface area contributed by atoms with E-state index in [2.05, 4.69) is 84.1 Å². The largest absolute Gasteiger partial charge is 0.294 e. The molecule has 0 radical (unpaired) electrons. The SMILES string of the molecule is CCCCN(CCCC)[C@H](C)C(=O)c1ccc2cc(Br)c3ccccc3c2c1. The molecule has 28 heavy (non-hydrogen) atoms. The number of hydrogen-bond acceptors (Lipinski definition) is 2. The number of halogens is 1. The second kappa shape index (κ2) is 9.67. The van der Waals surface area contributed by atoms with E-state index in [9.17, 15) is 4.79 Å². The van der Waals surface area contributed by atoms with Crippen molar-refractivity contribution in [3.8, 4) is 0 Å². The molecule has 0 spiro atoms. The van der Waals surface area contributed by atoms with Gasteiger partial charge in [0.2, 0.25) is 0 Å². The highest BCUT2D eigenvalue weighted by Gasteiger charge is 2.22. The zero-order chi connectivity index (χ0) is 20.1. The molecule has 0 aliphatic heterocycles. The molecular weight excluding hydrogens is 410 g/mol. The molecule has 0 heterocycles. The van der Waals surface area contributed by atoms with Crippen LogP contribution in [-0.2, 0) is 0 Å². The summed E-state index contributed by atoms with van der Waals surface area (Å²) in [5.74, 6) is 0.223. The van der Waals surface area contributed by atoms with Gasteiger partial charge in [-0.3, -0.25) is 9.69 Å². The van der Waals surface area contributed by atoms with Crippen LogP contribution in [0.4, 0.5) is 0 Å². The maximum Gasteiger partial charge on any atom is 0.179 e. The molecular formula is C25H30BrNO. The quantitative estimate of drug-likeness (QED) is 0.258. The normalized spacial score (nSPS) is 12.8. The lowest BCUT2D eigenvalue weighted by Gasteiger charge is -2.28. The Bertz CT molecular complexity index is 957. The molecule has 0 aliphatic carbocycles. The van der Waals surface area contributed by atoms with E-state index < -0.39 is 0 Å². The van der Waals surface area contributed by atoms with Crippen molar-refractivity contribution in [1.82, 2.24) is 4.90 Å². The van der Waals surface area contributed by atoms with Crippen molar-refractivity contribution < 1.29 is 4.79 Å². The van der Waals surface area contributed by atoms with Crippen molar-refractivity contribution in [2.45, 2.75) is 52.5 Å². The van der Waals surface area contributed by atoms with Crippen LogP contribution in [0.1, 0.15) is 56.8 Å². The zero-order valence-corrected chi connectivity index (χ0v) is 18.8. The molecule has 1 atom stereocenters. The van der Waals surface area contributed by atoms with Gasteiger partial charge < -0.3 is 0 Å². The van der Waals surface area contributed by atoms with Gasteiger partial charge in [0.15, 0.2) is 5.78 Å². The van der Waals surface area contributed by atoms with E-state index in [0.717, 1.165) is 59.6 Å². The van der Waals surface area contributed by atoms with Crippen LogP contribution in [0.2, 0.25) is 0 Å². The van der Waals surface area contributed by atoms with Crippen molar-refractivity contribution in [3.63, 3.8) is 0 Å². The minimum absolute atomic E-state index is 0.0859. The lowest BCUT2D eigenvalue weighted by Crippen LogP contribution is -2.40. The second-order valence-electron chi connectivity index (χ2n) is 7.62. The minimum atomic E-state index is -0.0859. The van der Waals surface area contributed by atoms with Gasteiger partial charge in [0.1, 0.15) is 0 Å². The Morgan fingerprint density at radius 1 is 0.929 bits per heavy atom. The van der Waals surface area contributed by atoms with Gasteiger partial charge in [0.25, 0.3) is 0 Å². The molecule has 0 aliphatic rings. The lowest BCUT2D eigenvalue weighted by molar-refractivity contribution is 0.0833. The summed E-state index contributed by atoms with van der Waals surface area (Å²) < 4.78 is 1.09. The molecule has 3 heteroatoms. The fourth-order valence-corrected chi connectivity index (χ4v) is 4.43. The predicted octanol–water partition coefficient (Wildman–Crippen LogP) is 7.23. The molecule has 0 amide bonds. The highest BCUT2D eigenvalue weighted by atomic mass is 79.9. The molecule has 0 aromatic heterocycles. The molecule has 3 aromatic carbocycles. The summed E-state index contributed by atoms with van der Waals surface area (Å²) in [6, 6.07) is 16.6. The maximum atomic E-state index is 13.3. The number of carbonyl (C=O) groups excluding carboxylic acids is 1. The summed E-state index contributed by atoms with van der Waals surface area (Å²) >= 11 is 3.68. The molecule has 3 aromatic rings. The number of benzene rings is 3.